The van der Waals surface area contributed by atoms with Crippen molar-refractivity contribution in [1.82, 2.24) is 4.90 Å². The second-order valence-electron chi connectivity index (χ2n) is 7.30. The molecule has 0 aliphatic heterocycles. The largest absolute Gasteiger partial charge is 0.329 e. The number of hydrogen-bond acceptors (Lipinski definition) is 2. The molecular weight excluding hydrogens is 232 g/mol. The van der Waals surface area contributed by atoms with Crippen LogP contribution in [0.2, 0.25) is 0 Å². The van der Waals surface area contributed by atoms with Crippen molar-refractivity contribution >= 4 is 0 Å². The van der Waals surface area contributed by atoms with E-state index in [1.165, 1.54) is 38.6 Å². The van der Waals surface area contributed by atoms with Gasteiger partial charge in [-0.1, -0.05) is 47.5 Å². The SMILES string of the molecule is CCN(CC(C)C)C1(CN)CCCC(C(C)C)CC1. The molecule has 2 unspecified atom stereocenters. The number of nitrogens with zero attached hydrogens (tertiary/aromatic N) is 1. The molecule has 2 atom stereocenters. The summed E-state index contributed by atoms with van der Waals surface area (Å²) in [5.74, 6) is 2.47. The predicted molar refractivity (Wildman–Crippen MR) is 85.3 cm³/mol. The lowest BCUT2D eigenvalue weighted by atomic mass is 9.85. The third kappa shape index (κ3) is 4.46. The minimum Gasteiger partial charge on any atom is -0.329 e. The van der Waals surface area contributed by atoms with Crippen LogP contribution in [0.1, 0.15) is 66.7 Å². The van der Waals surface area contributed by atoms with Crippen LogP contribution in [0.15, 0.2) is 0 Å². The Morgan fingerprint density at radius 1 is 1.16 bits per heavy atom. The highest BCUT2D eigenvalue weighted by Gasteiger charge is 2.37. The fourth-order valence-corrected chi connectivity index (χ4v) is 3.83. The maximum Gasteiger partial charge on any atom is 0.0331 e. The van der Waals surface area contributed by atoms with Crippen LogP contribution >= 0.6 is 0 Å². The molecule has 0 amide bonds. The van der Waals surface area contributed by atoms with E-state index in [4.69, 9.17) is 5.73 Å². The summed E-state index contributed by atoms with van der Waals surface area (Å²) in [5, 5.41) is 0. The molecule has 1 aliphatic rings. The number of likely N-dealkylation sites (N-methyl/N-ethyl adjacent to an activating group) is 1. The molecule has 0 bridgehead atoms. The first kappa shape index (κ1) is 17.0. The molecule has 1 aliphatic carbocycles. The third-order valence-electron chi connectivity index (χ3n) is 5.16. The summed E-state index contributed by atoms with van der Waals surface area (Å²) < 4.78 is 0. The van der Waals surface area contributed by atoms with Crippen LogP contribution in [-0.2, 0) is 0 Å². The van der Waals surface area contributed by atoms with Crippen LogP contribution in [0.4, 0.5) is 0 Å². The minimum atomic E-state index is 0.280. The zero-order valence-corrected chi connectivity index (χ0v) is 13.9. The molecule has 0 heterocycles. The Hall–Kier alpha value is -0.0800. The Morgan fingerprint density at radius 2 is 1.84 bits per heavy atom. The van der Waals surface area contributed by atoms with Crippen molar-refractivity contribution < 1.29 is 0 Å². The number of nitrogens with two attached hydrogens (primary N) is 1. The van der Waals surface area contributed by atoms with E-state index in [1.54, 1.807) is 0 Å². The third-order valence-corrected chi connectivity index (χ3v) is 5.16. The Morgan fingerprint density at radius 3 is 2.32 bits per heavy atom. The molecule has 0 aromatic heterocycles. The molecule has 0 aromatic rings. The molecule has 2 heteroatoms. The topological polar surface area (TPSA) is 29.3 Å². The van der Waals surface area contributed by atoms with Crippen LogP contribution in [0.5, 0.6) is 0 Å². The van der Waals surface area contributed by atoms with Gasteiger partial charge in [0.1, 0.15) is 0 Å². The first-order valence-electron chi connectivity index (χ1n) is 8.40. The highest BCUT2D eigenvalue weighted by molar-refractivity contribution is 4.94. The van der Waals surface area contributed by atoms with Crippen LogP contribution < -0.4 is 5.73 Å². The first-order chi connectivity index (χ1) is 8.95. The van der Waals surface area contributed by atoms with E-state index < -0.39 is 0 Å². The molecule has 1 saturated carbocycles. The number of rotatable bonds is 6. The predicted octanol–water partition coefficient (Wildman–Crippen LogP) is 3.90. The van der Waals surface area contributed by atoms with Crippen molar-refractivity contribution in [3.8, 4) is 0 Å². The summed E-state index contributed by atoms with van der Waals surface area (Å²) in [4.78, 5) is 2.68. The average molecular weight is 268 g/mol. The zero-order valence-electron chi connectivity index (χ0n) is 13.9. The van der Waals surface area contributed by atoms with E-state index >= 15 is 0 Å². The summed E-state index contributed by atoms with van der Waals surface area (Å²) >= 11 is 0. The van der Waals surface area contributed by atoms with Gasteiger partial charge < -0.3 is 5.73 Å². The lowest BCUT2D eigenvalue weighted by Gasteiger charge is -2.44. The zero-order chi connectivity index (χ0) is 14.5. The molecule has 1 fully saturated rings. The highest BCUT2D eigenvalue weighted by atomic mass is 15.2. The van der Waals surface area contributed by atoms with Gasteiger partial charge in [-0.25, -0.2) is 0 Å². The summed E-state index contributed by atoms with van der Waals surface area (Å²) in [5.41, 5.74) is 6.52. The first-order valence-corrected chi connectivity index (χ1v) is 8.40. The van der Waals surface area contributed by atoms with Gasteiger partial charge in [-0.15, -0.1) is 0 Å². The Bertz CT molecular complexity index is 250. The molecule has 2 nitrogen and oxygen atoms in total. The van der Waals surface area contributed by atoms with Gasteiger partial charge in [0.15, 0.2) is 0 Å². The normalized spacial score (nSPS) is 29.2. The monoisotopic (exact) mass is 268 g/mol. The summed E-state index contributed by atoms with van der Waals surface area (Å²) in [7, 11) is 0. The quantitative estimate of drug-likeness (QED) is 0.740. The standard InChI is InChI=1S/C17H36N2/c1-6-19(12-14(2)3)17(13-18)10-7-8-16(9-11-17)15(4)5/h14-16H,6-13,18H2,1-5H3. The van der Waals surface area contributed by atoms with Crippen molar-refractivity contribution in [2.24, 2.45) is 23.5 Å². The maximum absolute atomic E-state index is 6.24. The van der Waals surface area contributed by atoms with Crippen molar-refractivity contribution in [2.75, 3.05) is 19.6 Å². The molecular formula is C17H36N2. The van der Waals surface area contributed by atoms with Crippen LogP contribution in [0.25, 0.3) is 0 Å². The van der Waals surface area contributed by atoms with E-state index in [0.717, 1.165) is 30.8 Å². The summed E-state index contributed by atoms with van der Waals surface area (Å²) in [6.45, 7) is 14.9. The van der Waals surface area contributed by atoms with Gasteiger partial charge in [-0.05, 0) is 43.6 Å². The van der Waals surface area contributed by atoms with Crippen molar-refractivity contribution in [2.45, 2.75) is 72.3 Å². The molecule has 0 radical (unpaired) electrons. The van der Waals surface area contributed by atoms with Crippen molar-refractivity contribution in [3.05, 3.63) is 0 Å². The summed E-state index contributed by atoms with van der Waals surface area (Å²) in [6.07, 6.45) is 6.72. The maximum atomic E-state index is 6.24. The van der Waals surface area contributed by atoms with E-state index in [-0.39, 0.29) is 5.54 Å². The van der Waals surface area contributed by atoms with Gasteiger partial charge in [0, 0.05) is 18.6 Å². The van der Waals surface area contributed by atoms with Gasteiger partial charge in [0.2, 0.25) is 0 Å². The van der Waals surface area contributed by atoms with Gasteiger partial charge >= 0.3 is 0 Å². The molecule has 2 N–H and O–H groups in total. The van der Waals surface area contributed by atoms with Crippen LogP contribution in [0, 0.1) is 17.8 Å². The molecule has 0 saturated heterocycles. The van der Waals surface area contributed by atoms with Crippen molar-refractivity contribution in [1.29, 1.82) is 0 Å². The number of hydrogen-bond donors (Lipinski definition) is 1. The Kier molecular flexibility index (Phi) is 6.82. The van der Waals surface area contributed by atoms with E-state index in [1.807, 2.05) is 0 Å². The van der Waals surface area contributed by atoms with Gasteiger partial charge in [-0.3, -0.25) is 4.90 Å². The lowest BCUT2D eigenvalue weighted by Crippen LogP contribution is -2.54. The lowest BCUT2D eigenvalue weighted by molar-refractivity contribution is 0.0697. The smallest absolute Gasteiger partial charge is 0.0331 e. The summed E-state index contributed by atoms with van der Waals surface area (Å²) in [6, 6.07) is 0. The van der Waals surface area contributed by atoms with Crippen LogP contribution in [0.3, 0.4) is 0 Å². The molecule has 19 heavy (non-hydrogen) atoms. The second-order valence-corrected chi connectivity index (χ2v) is 7.30. The van der Waals surface area contributed by atoms with E-state index in [9.17, 15) is 0 Å². The fraction of sp³-hybridized carbons (Fsp3) is 1.00. The van der Waals surface area contributed by atoms with Crippen molar-refractivity contribution in [3.63, 3.8) is 0 Å². The fourth-order valence-electron chi connectivity index (χ4n) is 3.83. The second kappa shape index (κ2) is 7.64. The van der Waals surface area contributed by atoms with Gasteiger partial charge in [0.25, 0.3) is 0 Å². The van der Waals surface area contributed by atoms with Crippen LogP contribution in [-0.4, -0.2) is 30.1 Å². The average Bonchev–Trinajstić information content (AvgIpc) is 2.59. The van der Waals surface area contributed by atoms with Gasteiger partial charge in [-0.2, -0.15) is 0 Å². The molecule has 1 rings (SSSR count). The highest BCUT2D eigenvalue weighted by Crippen LogP contribution is 2.37. The Labute approximate surface area is 121 Å². The molecule has 0 spiro atoms. The molecule has 114 valence electrons. The van der Waals surface area contributed by atoms with E-state index in [2.05, 4.69) is 39.5 Å². The Balaban J connectivity index is 2.78. The minimum absolute atomic E-state index is 0.280. The van der Waals surface area contributed by atoms with Gasteiger partial charge in [0.05, 0.1) is 0 Å². The van der Waals surface area contributed by atoms with E-state index in [0.29, 0.717) is 0 Å². The molecule has 0 aromatic carbocycles.